The van der Waals surface area contributed by atoms with Crippen LogP contribution in [-0.4, -0.2) is 46.2 Å². The van der Waals surface area contributed by atoms with Crippen molar-refractivity contribution in [2.24, 2.45) is 7.05 Å². The summed E-state index contributed by atoms with van der Waals surface area (Å²) in [7, 11) is 5.35. The second-order valence-electron chi connectivity index (χ2n) is 3.67. The van der Waals surface area contributed by atoms with Crippen molar-refractivity contribution in [2.45, 2.75) is 6.42 Å². The van der Waals surface area contributed by atoms with Crippen molar-refractivity contribution in [3.63, 3.8) is 0 Å². The molecule has 0 saturated carbocycles. The maximum Gasteiger partial charge on any atom is 0.354 e. The van der Waals surface area contributed by atoms with E-state index in [9.17, 15) is 9.59 Å². The number of imidazole rings is 1. The summed E-state index contributed by atoms with van der Waals surface area (Å²) in [6.07, 6.45) is 0.532. The number of hydrogen-bond acceptors (Lipinski definition) is 3. The number of likely N-dealkylation sites (N-methyl/N-ethyl adjacent to an activating group) is 1. The van der Waals surface area contributed by atoms with Crippen LogP contribution in [0.4, 0.5) is 0 Å². The van der Waals surface area contributed by atoms with Crippen molar-refractivity contribution in [2.75, 3.05) is 20.6 Å². The second-order valence-corrected chi connectivity index (χ2v) is 3.67. The van der Waals surface area contributed by atoms with Gasteiger partial charge in [-0.2, -0.15) is 0 Å². The molecule has 1 rings (SSSR count). The largest absolute Gasteiger partial charge is 0.477 e. The average Bonchev–Trinajstić information content (AvgIpc) is 2.41. The summed E-state index contributed by atoms with van der Waals surface area (Å²) in [6, 6.07) is 0. The number of rotatable bonds is 4. The molecule has 0 radical (unpaired) electrons. The minimum absolute atomic E-state index is 0.00986. The van der Waals surface area contributed by atoms with Gasteiger partial charge in [-0.1, -0.05) is 0 Å². The van der Waals surface area contributed by atoms with Gasteiger partial charge < -0.3 is 10.0 Å². The summed E-state index contributed by atoms with van der Waals surface area (Å²) < 4.78 is 1.34. The standard InChI is InChI=1S/C9H15N3O3/c1-11(2)5-4-6-7(8(13)14)10-9(15)12(6)3/h4-5H2,1-3H3,(H,10,15)(H,13,14). The number of hydrogen-bond donors (Lipinski definition) is 2. The minimum Gasteiger partial charge on any atom is -0.477 e. The van der Waals surface area contributed by atoms with Crippen molar-refractivity contribution in [1.82, 2.24) is 14.5 Å². The first-order valence-electron chi connectivity index (χ1n) is 4.59. The molecule has 1 aromatic heterocycles. The summed E-state index contributed by atoms with van der Waals surface area (Å²) >= 11 is 0. The Balaban J connectivity index is 3.03. The molecule has 84 valence electrons. The minimum atomic E-state index is -1.10. The van der Waals surface area contributed by atoms with Gasteiger partial charge in [0.15, 0.2) is 0 Å². The van der Waals surface area contributed by atoms with Gasteiger partial charge in [0.05, 0.1) is 5.69 Å². The number of nitrogens with zero attached hydrogens (tertiary/aromatic N) is 2. The Bertz CT molecular complexity index is 417. The molecule has 15 heavy (non-hydrogen) atoms. The predicted molar refractivity (Wildman–Crippen MR) is 55.3 cm³/mol. The lowest BCUT2D eigenvalue weighted by molar-refractivity contribution is 0.0689. The van der Waals surface area contributed by atoms with Gasteiger partial charge in [0.1, 0.15) is 5.69 Å². The summed E-state index contributed by atoms with van der Waals surface area (Å²) in [5, 5.41) is 8.87. The van der Waals surface area contributed by atoms with Crippen molar-refractivity contribution < 1.29 is 9.90 Å². The molecule has 0 bridgehead atoms. The van der Waals surface area contributed by atoms with Crippen molar-refractivity contribution >= 4 is 5.97 Å². The Morgan fingerprint density at radius 3 is 2.60 bits per heavy atom. The molecule has 1 aromatic rings. The van der Waals surface area contributed by atoms with Crippen LogP contribution >= 0.6 is 0 Å². The summed E-state index contributed by atoms with van der Waals surface area (Å²) in [6.45, 7) is 0.700. The first kappa shape index (κ1) is 11.5. The Labute approximate surface area is 87.1 Å². The molecule has 0 aliphatic rings. The smallest absolute Gasteiger partial charge is 0.354 e. The Kier molecular flexibility index (Phi) is 3.31. The first-order chi connectivity index (χ1) is 6.93. The van der Waals surface area contributed by atoms with Gasteiger partial charge in [-0.05, 0) is 14.1 Å². The molecule has 6 nitrogen and oxygen atoms in total. The molecule has 1 heterocycles. The zero-order valence-corrected chi connectivity index (χ0v) is 9.07. The van der Waals surface area contributed by atoms with Crippen LogP contribution in [0.2, 0.25) is 0 Å². The van der Waals surface area contributed by atoms with Crippen molar-refractivity contribution in [1.29, 1.82) is 0 Å². The van der Waals surface area contributed by atoms with Crippen molar-refractivity contribution in [3.8, 4) is 0 Å². The normalized spacial score (nSPS) is 10.9. The third kappa shape index (κ3) is 2.47. The highest BCUT2D eigenvalue weighted by Gasteiger charge is 2.16. The number of carboxylic acids is 1. The molecule has 0 spiro atoms. The van der Waals surface area contributed by atoms with E-state index < -0.39 is 5.97 Å². The van der Waals surface area contributed by atoms with Crippen LogP contribution in [0.25, 0.3) is 0 Å². The number of carbonyl (C=O) groups is 1. The van der Waals surface area contributed by atoms with Crippen LogP contribution < -0.4 is 5.69 Å². The topological polar surface area (TPSA) is 78.3 Å². The van der Waals surface area contributed by atoms with E-state index in [0.717, 1.165) is 0 Å². The van der Waals surface area contributed by atoms with Crippen LogP contribution in [0, 0.1) is 0 Å². The van der Waals surface area contributed by atoms with Crippen LogP contribution in [0.15, 0.2) is 4.79 Å². The van der Waals surface area contributed by atoms with Crippen molar-refractivity contribution in [3.05, 3.63) is 21.9 Å². The highest BCUT2D eigenvalue weighted by Crippen LogP contribution is 2.04. The maximum atomic E-state index is 11.2. The number of H-pyrrole nitrogens is 1. The van der Waals surface area contributed by atoms with Crippen LogP contribution in [-0.2, 0) is 13.5 Å². The molecular weight excluding hydrogens is 198 g/mol. The van der Waals surface area contributed by atoms with Gasteiger partial charge in [-0.25, -0.2) is 9.59 Å². The molecular formula is C9H15N3O3. The fraction of sp³-hybridized carbons (Fsp3) is 0.556. The predicted octanol–water partition coefficient (Wildman–Crippen LogP) is -0.484. The number of carboxylic acid groups (broad SMARTS) is 1. The molecule has 0 atom stereocenters. The van der Waals surface area contributed by atoms with Gasteiger partial charge in [0, 0.05) is 20.0 Å². The first-order valence-corrected chi connectivity index (χ1v) is 4.59. The molecule has 2 N–H and O–H groups in total. The van der Waals surface area contributed by atoms with E-state index in [1.165, 1.54) is 4.57 Å². The van der Waals surface area contributed by atoms with Crippen LogP contribution in [0.1, 0.15) is 16.2 Å². The molecule has 0 aliphatic heterocycles. The zero-order chi connectivity index (χ0) is 11.6. The lowest BCUT2D eigenvalue weighted by Gasteiger charge is -2.09. The van der Waals surface area contributed by atoms with Crippen LogP contribution in [0.5, 0.6) is 0 Å². The van der Waals surface area contributed by atoms with E-state index in [1.807, 2.05) is 19.0 Å². The Morgan fingerprint density at radius 2 is 2.13 bits per heavy atom. The van der Waals surface area contributed by atoms with Crippen LogP contribution in [0.3, 0.4) is 0 Å². The lowest BCUT2D eigenvalue weighted by Crippen LogP contribution is -2.20. The Hall–Kier alpha value is -1.56. The molecule has 0 aliphatic carbocycles. The molecule has 0 fully saturated rings. The number of nitrogens with one attached hydrogen (secondary N) is 1. The maximum absolute atomic E-state index is 11.2. The number of aromatic carboxylic acids is 1. The summed E-state index contributed by atoms with van der Waals surface area (Å²) in [5.74, 6) is -1.10. The van der Waals surface area contributed by atoms with E-state index in [1.54, 1.807) is 7.05 Å². The highest BCUT2D eigenvalue weighted by molar-refractivity contribution is 5.86. The lowest BCUT2D eigenvalue weighted by atomic mass is 10.2. The summed E-state index contributed by atoms with van der Waals surface area (Å²) in [5.41, 5.74) is 0.131. The van der Waals surface area contributed by atoms with Gasteiger partial charge in [-0.3, -0.25) is 9.55 Å². The summed E-state index contributed by atoms with van der Waals surface area (Å²) in [4.78, 5) is 26.3. The number of aromatic nitrogens is 2. The van der Waals surface area contributed by atoms with E-state index >= 15 is 0 Å². The SMILES string of the molecule is CN(C)CCc1c(C(=O)O)[nH]c(=O)n1C. The zero-order valence-electron chi connectivity index (χ0n) is 9.07. The fourth-order valence-corrected chi connectivity index (χ4v) is 1.35. The van der Waals surface area contributed by atoms with Gasteiger partial charge in [0.2, 0.25) is 0 Å². The van der Waals surface area contributed by atoms with E-state index in [4.69, 9.17) is 5.11 Å². The average molecular weight is 213 g/mol. The second kappa shape index (κ2) is 4.31. The third-order valence-corrected chi connectivity index (χ3v) is 2.24. The van der Waals surface area contributed by atoms with E-state index in [-0.39, 0.29) is 11.4 Å². The highest BCUT2D eigenvalue weighted by atomic mass is 16.4. The number of aromatic amines is 1. The monoisotopic (exact) mass is 213 g/mol. The molecule has 6 heteroatoms. The Morgan fingerprint density at radius 1 is 1.53 bits per heavy atom. The molecule has 0 unspecified atom stereocenters. The third-order valence-electron chi connectivity index (χ3n) is 2.24. The quantitative estimate of drug-likeness (QED) is 0.707. The van der Waals surface area contributed by atoms with Gasteiger partial charge in [0.25, 0.3) is 0 Å². The van der Waals surface area contributed by atoms with E-state index in [0.29, 0.717) is 18.7 Å². The van der Waals surface area contributed by atoms with Gasteiger partial charge in [-0.15, -0.1) is 0 Å². The molecule has 0 aromatic carbocycles. The van der Waals surface area contributed by atoms with Gasteiger partial charge >= 0.3 is 11.7 Å². The fourth-order valence-electron chi connectivity index (χ4n) is 1.35. The molecule has 0 amide bonds. The molecule has 0 saturated heterocycles. The van der Waals surface area contributed by atoms with E-state index in [2.05, 4.69) is 4.98 Å².